The van der Waals surface area contributed by atoms with Crippen LogP contribution >= 0.6 is 0 Å². The third-order valence-corrected chi connectivity index (χ3v) is 6.02. The van der Waals surface area contributed by atoms with E-state index in [0.717, 1.165) is 64.2 Å². The molecule has 1 unspecified atom stereocenters. The maximum Gasteiger partial charge on any atom is 0.328 e. The fraction of sp³-hybridized carbons (Fsp3) is 0.708. The van der Waals surface area contributed by atoms with Gasteiger partial charge in [-0.2, -0.15) is 0 Å². The molecular formula is C24H37NO4. The van der Waals surface area contributed by atoms with Crippen LogP contribution in [0.5, 0.6) is 0 Å². The van der Waals surface area contributed by atoms with Crippen LogP contribution in [-0.4, -0.2) is 41.8 Å². The third-order valence-electron chi connectivity index (χ3n) is 6.02. The molecule has 0 aromatic rings. The molecule has 1 atom stereocenters. The number of allylic oxidation sites excluding steroid dienone is 4. The van der Waals surface area contributed by atoms with E-state index in [2.05, 4.69) is 25.2 Å². The molecule has 5 nitrogen and oxygen atoms in total. The average Bonchev–Trinajstić information content (AvgIpc) is 2.78. The highest BCUT2D eigenvalue weighted by Gasteiger charge is 2.38. The molecule has 0 N–H and O–H groups in total. The van der Waals surface area contributed by atoms with Crippen molar-refractivity contribution >= 4 is 17.7 Å². The molecule has 0 aromatic carbocycles. The number of amides is 1. The number of rotatable bonds is 9. The molecule has 0 radical (unpaired) electrons. The molecule has 5 heteroatoms. The van der Waals surface area contributed by atoms with Gasteiger partial charge < -0.3 is 9.64 Å². The van der Waals surface area contributed by atoms with E-state index in [1.165, 1.54) is 10.5 Å². The number of carbonyl (C=O) groups excluding carboxylic acids is 3. The number of ketones is 1. The van der Waals surface area contributed by atoms with Gasteiger partial charge in [0.1, 0.15) is 6.04 Å². The van der Waals surface area contributed by atoms with Gasteiger partial charge in [0.05, 0.1) is 6.61 Å². The van der Waals surface area contributed by atoms with Crippen molar-refractivity contribution in [3.63, 3.8) is 0 Å². The number of nitrogens with zero attached hydrogens (tertiary/aromatic N) is 1. The van der Waals surface area contributed by atoms with Gasteiger partial charge in [0.25, 0.3) is 5.91 Å². The van der Waals surface area contributed by atoms with E-state index in [1.54, 1.807) is 0 Å². The highest BCUT2D eigenvalue weighted by Crippen LogP contribution is 2.27. The summed E-state index contributed by atoms with van der Waals surface area (Å²) >= 11 is 0. The standard InChI is InChI=1S/C24H37NO4/c1-3-5-12-19(4-2)13-11-18-29-24(28)21-16-9-10-17-25(21)23(27)22(26)20-14-7-6-8-15-20/h4-5,12,20-21H,3,6-11,13-18H2,1-2H3/b12-5-,19-4+. The minimum Gasteiger partial charge on any atom is -0.464 e. The van der Waals surface area contributed by atoms with E-state index in [9.17, 15) is 14.4 Å². The first-order valence-corrected chi connectivity index (χ1v) is 11.4. The minimum absolute atomic E-state index is 0.162. The molecule has 0 bridgehead atoms. The summed E-state index contributed by atoms with van der Waals surface area (Å²) < 4.78 is 5.49. The quantitative estimate of drug-likeness (QED) is 0.241. The maximum absolute atomic E-state index is 12.8. The van der Waals surface area contributed by atoms with Crippen molar-refractivity contribution < 1.29 is 19.1 Å². The third kappa shape index (κ3) is 7.13. The predicted octanol–water partition coefficient (Wildman–Crippen LogP) is 4.75. The van der Waals surface area contributed by atoms with E-state index >= 15 is 0 Å². The summed E-state index contributed by atoms with van der Waals surface area (Å²) in [6.07, 6.45) is 16.0. The van der Waals surface area contributed by atoms with Crippen LogP contribution in [0.25, 0.3) is 0 Å². The van der Waals surface area contributed by atoms with Crippen molar-refractivity contribution in [2.45, 2.75) is 90.5 Å². The predicted molar refractivity (Wildman–Crippen MR) is 114 cm³/mol. The zero-order chi connectivity index (χ0) is 21.1. The highest BCUT2D eigenvalue weighted by atomic mass is 16.5. The van der Waals surface area contributed by atoms with Crippen LogP contribution in [-0.2, 0) is 19.1 Å². The molecule has 1 heterocycles. The Hall–Kier alpha value is -1.91. The van der Waals surface area contributed by atoms with E-state index in [4.69, 9.17) is 4.74 Å². The minimum atomic E-state index is -0.607. The highest BCUT2D eigenvalue weighted by molar-refractivity contribution is 6.37. The van der Waals surface area contributed by atoms with Crippen molar-refractivity contribution in [2.75, 3.05) is 13.2 Å². The topological polar surface area (TPSA) is 63.7 Å². The van der Waals surface area contributed by atoms with Crippen molar-refractivity contribution in [1.82, 2.24) is 4.90 Å². The van der Waals surface area contributed by atoms with Crippen molar-refractivity contribution in [3.8, 4) is 0 Å². The van der Waals surface area contributed by atoms with E-state index in [-0.39, 0.29) is 17.7 Å². The first-order valence-electron chi connectivity index (χ1n) is 11.4. The van der Waals surface area contributed by atoms with Crippen LogP contribution < -0.4 is 0 Å². The van der Waals surface area contributed by atoms with Gasteiger partial charge in [-0.15, -0.1) is 0 Å². The van der Waals surface area contributed by atoms with Crippen LogP contribution in [0.3, 0.4) is 0 Å². The summed E-state index contributed by atoms with van der Waals surface area (Å²) in [4.78, 5) is 39.6. The second-order valence-corrected chi connectivity index (χ2v) is 8.15. The van der Waals surface area contributed by atoms with Crippen molar-refractivity contribution in [1.29, 1.82) is 0 Å². The maximum atomic E-state index is 12.8. The van der Waals surface area contributed by atoms with Gasteiger partial charge in [-0.05, 0) is 58.3 Å². The lowest BCUT2D eigenvalue weighted by Gasteiger charge is -2.34. The Bertz CT molecular complexity index is 616. The van der Waals surface area contributed by atoms with Gasteiger partial charge in [-0.1, -0.05) is 50.0 Å². The number of hydrogen-bond acceptors (Lipinski definition) is 4. The molecule has 2 aliphatic rings. The van der Waals surface area contributed by atoms with Crippen molar-refractivity contribution in [3.05, 3.63) is 23.8 Å². The second kappa shape index (κ2) is 12.6. The normalized spacial score (nSPS) is 21.4. The summed E-state index contributed by atoms with van der Waals surface area (Å²) in [5.41, 5.74) is 1.23. The Balaban J connectivity index is 1.86. The molecule has 2 rings (SSSR count). The van der Waals surface area contributed by atoms with E-state index in [0.29, 0.717) is 19.6 Å². The zero-order valence-electron chi connectivity index (χ0n) is 18.2. The fourth-order valence-corrected chi connectivity index (χ4v) is 4.24. The van der Waals surface area contributed by atoms with Gasteiger partial charge in [-0.3, -0.25) is 9.59 Å². The summed E-state index contributed by atoms with van der Waals surface area (Å²) in [5, 5.41) is 0. The number of Topliss-reactive ketones (excluding diaryl/α,β-unsaturated/α-hetero) is 1. The molecule has 29 heavy (non-hydrogen) atoms. The van der Waals surface area contributed by atoms with Crippen LogP contribution in [0.15, 0.2) is 23.8 Å². The number of likely N-dealkylation sites (tertiary alicyclic amines) is 1. The molecule has 1 aliphatic heterocycles. The van der Waals surface area contributed by atoms with Gasteiger partial charge in [0, 0.05) is 12.5 Å². The molecule has 1 saturated carbocycles. The lowest BCUT2D eigenvalue weighted by molar-refractivity contribution is -0.160. The average molecular weight is 404 g/mol. The first-order chi connectivity index (χ1) is 14.1. The molecule has 2 fully saturated rings. The lowest BCUT2D eigenvalue weighted by atomic mass is 9.85. The Kier molecular flexibility index (Phi) is 10.2. The molecular weight excluding hydrogens is 366 g/mol. The van der Waals surface area contributed by atoms with Crippen LogP contribution in [0, 0.1) is 5.92 Å². The Morgan fingerprint density at radius 2 is 1.76 bits per heavy atom. The van der Waals surface area contributed by atoms with Crippen LogP contribution in [0.2, 0.25) is 0 Å². The Morgan fingerprint density at radius 1 is 1.03 bits per heavy atom. The smallest absolute Gasteiger partial charge is 0.328 e. The number of carbonyl (C=O) groups is 3. The fourth-order valence-electron chi connectivity index (χ4n) is 4.24. The lowest BCUT2D eigenvalue weighted by Crippen LogP contribution is -2.52. The number of esters is 1. The number of ether oxygens (including phenoxy) is 1. The summed E-state index contributed by atoms with van der Waals surface area (Å²) in [5.74, 6) is -1.30. The van der Waals surface area contributed by atoms with E-state index in [1.807, 2.05) is 6.92 Å². The molecule has 1 aliphatic carbocycles. The molecule has 162 valence electrons. The Labute approximate surface area is 175 Å². The number of piperidine rings is 1. The first kappa shape index (κ1) is 23.4. The van der Waals surface area contributed by atoms with Crippen molar-refractivity contribution in [2.24, 2.45) is 5.92 Å². The monoisotopic (exact) mass is 403 g/mol. The van der Waals surface area contributed by atoms with Gasteiger partial charge in [0.2, 0.25) is 5.78 Å². The summed E-state index contributed by atoms with van der Waals surface area (Å²) in [6, 6.07) is -0.607. The van der Waals surface area contributed by atoms with E-state index < -0.39 is 11.9 Å². The van der Waals surface area contributed by atoms with Gasteiger partial charge in [-0.25, -0.2) is 4.79 Å². The molecule has 0 aromatic heterocycles. The summed E-state index contributed by atoms with van der Waals surface area (Å²) in [6.45, 7) is 4.92. The van der Waals surface area contributed by atoms with Gasteiger partial charge >= 0.3 is 5.97 Å². The summed E-state index contributed by atoms with van der Waals surface area (Å²) in [7, 11) is 0. The molecule has 0 spiro atoms. The van der Waals surface area contributed by atoms with Crippen LogP contribution in [0.1, 0.15) is 84.5 Å². The second-order valence-electron chi connectivity index (χ2n) is 8.15. The van der Waals surface area contributed by atoms with Gasteiger partial charge in [0.15, 0.2) is 0 Å². The molecule has 1 saturated heterocycles. The number of hydrogen-bond donors (Lipinski definition) is 0. The largest absolute Gasteiger partial charge is 0.464 e. The Morgan fingerprint density at radius 3 is 2.45 bits per heavy atom. The van der Waals surface area contributed by atoms with Crippen LogP contribution in [0.4, 0.5) is 0 Å². The molecule has 1 amide bonds. The zero-order valence-corrected chi connectivity index (χ0v) is 18.2. The SMILES string of the molecule is C/C=C(\C=C/CC)CCCOC(=O)C1CCCCN1C(=O)C(=O)C1CCCCC1.